The minimum Gasteiger partial charge on any atom is -0.361 e. The van der Waals surface area contributed by atoms with Gasteiger partial charge in [0.25, 0.3) is 0 Å². The molecule has 1 N–H and O–H groups in total. The van der Waals surface area contributed by atoms with Gasteiger partial charge in [0.15, 0.2) is 0 Å². The van der Waals surface area contributed by atoms with Crippen molar-refractivity contribution in [3.05, 3.63) is 36.0 Å². The molecule has 1 aromatic heterocycles. The Kier molecular flexibility index (Phi) is 5.43. The number of aromatic nitrogens is 1. The number of hydrogen-bond acceptors (Lipinski definition) is 1. The van der Waals surface area contributed by atoms with E-state index in [0.717, 1.165) is 25.7 Å². The maximum Gasteiger partial charge on any atom is 0.136 e. The van der Waals surface area contributed by atoms with E-state index in [1.807, 2.05) is 0 Å². The third-order valence-electron chi connectivity index (χ3n) is 5.98. The number of rotatable bonds is 6. The van der Waals surface area contributed by atoms with Gasteiger partial charge in [-0.1, -0.05) is 45.4 Å². The van der Waals surface area contributed by atoms with E-state index in [1.165, 1.54) is 29.3 Å². The van der Waals surface area contributed by atoms with Crippen molar-refractivity contribution in [2.75, 3.05) is 0 Å². The van der Waals surface area contributed by atoms with E-state index in [-0.39, 0.29) is 0 Å². The van der Waals surface area contributed by atoms with Gasteiger partial charge in [0.2, 0.25) is 0 Å². The molecule has 3 rings (SSSR count). The molecule has 1 saturated carbocycles. The number of benzene rings is 1. The van der Waals surface area contributed by atoms with Gasteiger partial charge in [-0.3, -0.25) is 4.79 Å². The number of nitrogens with one attached hydrogen (secondary N) is 1. The predicted molar refractivity (Wildman–Crippen MR) is 101 cm³/mol. The summed E-state index contributed by atoms with van der Waals surface area (Å²) < 4.78 is 0. The maximum absolute atomic E-state index is 12.8. The van der Waals surface area contributed by atoms with Crippen LogP contribution in [0.4, 0.5) is 0 Å². The molecule has 0 aliphatic heterocycles. The molecular weight excluding hydrogens is 294 g/mol. The maximum atomic E-state index is 12.8. The van der Waals surface area contributed by atoms with E-state index in [4.69, 9.17) is 0 Å². The standard InChI is InChI=1S/C22H31NO/c1-15(2)18-12-11-16(3)13-20(18)22(24)10-6-7-17-14-23-21-9-5-4-8-19(17)21/h4-5,8-9,14-16,18,20,23H,6-7,10-13H2,1-3H3/t16-,18+,20-/m1/s1. The predicted octanol–water partition coefficient (Wildman–Crippen LogP) is 5.77. The van der Waals surface area contributed by atoms with Crippen LogP contribution in [0, 0.1) is 23.7 Å². The van der Waals surface area contributed by atoms with Gasteiger partial charge in [-0.25, -0.2) is 0 Å². The van der Waals surface area contributed by atoms with Crippen LogP contribution in [0.5, 0.6) is 0 Å². The van der Waals surface area contributed by atoms with Crippen molar-refractivity contribution in [3.63, 3.8) is 0 Å². The molecule has 1 aliphatic rings. The minimum absolute atomic E-state index is 0.303. The minimum atomic E-state index is 0.303. The van der Waals surface area contributed by atoms with Crippen LogP contribution < -0.4 is 0 Å². The summed E-state index contributed by atoms with van der Waals surface area (Å²) in [6.45, 7) is 6.88. The van der Waals surface area contributed by atoms with Crippen LogP contribution in [0.2, 0.25) is 0 Å². The molecule has 1 aromatic carbocycles. The molecule has 0 saturated heterocycles. The Morgan fingerprint density at radius 2 is 2.04 bits per heavy atom. The second kappa shape index (κ2) is 7.55. The van der Waals surface area contributed by atoms with Crippen LogP contribution in [0.15, 0.2) is 30.5 Å². The summed E-state index contributed by atoms with van der Waals surface area (Å²) in [5, 5.41) is 1.30. The fraction of sp³-hybridized carbons (Fsp3) is 0.591. The zero-order valence-corrected chi connectivity index (χ0v) is 15.3. The van der Waals surface area contributed by atoms with Crippen LogP contribution in [0.25, 0.3) is 10.9 Å². The summed E-state index contributed by atoms with van der Waals surface area (Å²) in [6, 6.07) is 8.42. The van der Waals surface area contributed by atoms with E-state index < -0.39 is 0 Å². The highest BCUT2D eigenvalue weighted by atomic mass is 16.1. The quantitative estimate of drug-likeness (QED) is 0.718. The number of hydrogen-bond donors (Lipinski definition) is 1. The summed E-state index contributed by atoms with van der Waals surface area (Å²) in [4.78, 5) is 16.2. The number of ketones is 1. The largest absolute Gasteiger partial charge is 0.361 e. The lowest BCUT2D eigenvalue weighted by Gasteiger charge is -2.36. The second-order valence-corrected chi connectivity index (χ2v) is 8.11. The van der Waals surface area contributed by atoms with Gasteiger partial charge in [-0.05, 0) is 55.1 Å². The number of para-hydroxylation sites is 1. The molecule has 1 heterocycles. The molecule has 1 fully saturated rings. The first-order valence-electron chi connectivity index (χ1n) is 9.64. The smallest absolute Gasteiger partial charge is 0.136 e. The molecule has 24 heavy (non-hydrogen) atoms. The molecule has 0 radical (unpaired) electrons. The normalized spacial score (nSPS) is 24.6. The van der Waals surface area contributed by atoms with Crippen molar-refractivity contribution < 1.29 is 4.79 Å². The van der Waals surface area contributed by atoms with Crippen molar-refractivity contribution in [1.82, 2.24) is 4.98 Å². The Morgan fingerprint density at radius 1 is 1.25 bits per heavy atom. The molecule has 1 aliphatic carbocycles. The lowest BCUT2D eigenvalue weighted by atomic mass is 9.68. The second-order valence-electron chi connectivity index (χ2n) is 8.11. The fourth-order valence-electron chi connectivity index (χ4n) is 4.55. The Morgan fingerprint density at radius 3 is 2.83 bits per heavy atom. The highest BCUT2D eigenvalue weighted by molar-refractivity contribution is 5.83. The van der Waals surface area contributed by atoms with Crippen LogP contribution in [0.3, 0.4) is 0 Å². The molecule has 0 spiro atoms. The van der Waals surface area contributed by atoms with E-state index in [9.17, 15) is 4.79 Å². The Bertz CT molecular complexity index is 684. The highest BCUT2D eigenvalue weighted by Gasteiger charge is 2.34. The SMILES string of the molecule is CC(C)[C@@H]1CC[C@@H](C)C[C@H]1C(=O)CCCc1c[nH]c2ccccc12. The number of carbonyl (C=O) groups excluding carboxylic acids is 1. The number of aromatic amines is 1. The van der Waals surface area contributed by atoms with Crippen molar-refractivity contribution in [2.45, 2.75) is 59.3 Å². The van der Waals surface area contributed by atoms with Crippen molar-refractivity contribution in [2.24, 2.45) is 23.7 Å². The summed E-state index contributed by atoms with van der Waals surface area (Å²) in [7, 11) is 0. The topological polar surface area (TPSA) is 32.9 Å². The van der Waals surface area contributed by atoms with Gasteiger partial charge < -0.3 is 4.98 Å². The van der Waals surface area contributed by atoms with Gasteiger partial charge in [-0.15, -0.1) is 0 Å². The van der Waals surface area contributed by atoms with Gasteiger partial charge >= 0.3 is 0 Å². The Labute approximate surface area is 146 Å². The third kappa shape index (κ3) is 3.74. The average Bonchev–Trinajstić information content (AvgIpc) is 2.98. The van der Waals surface area contributed by atoms with Crippen molar-refractivity contribution >= 4 is 16.7 Å². The summed E-state index contributed by atoms with van der Waals surface area (Å²) >= 11 is 0. The number of Topliss-reactive ketones (excluding diaryl/α,β-unsaturated/α-hetero) is 1. The Balaban J connectivity index is 1.58. The molecule has 130 valence electrons. The van der Waals surface area contributed by atoms with E-state index >= 15 is 0 Å². The molecular formula is C22H31NO. The Hall–Kier alpha value is -1.57. The summed E-state index contributed by atoms with van der Waals surface area (Å²) in [5.74, 6) is 2.75. The number of fused-ring (bicyclic) bond motifs is 1. The molecule has 2 aromatic rings. The van der Waals surface area contributed by atoms with Crippen LogP contribution >= 0.6 is 0 Å². The van der Waals surface area contributed by atoms with Gasteiger partial charge in [0.05, 0.1) is 0 Å². The summed E-state index contributed by atoms with van der Waals surface area (Å²) in [5.41, 5.74) is 2.54. The molecule has 0 unspecified atom stereocenters. The van der Waals surface area contributed by atoms with E-state index in [0.29, 0.717) is 29.5 Å². The third-order valence-corrected chi connectivity index (χ3v) is 5.98. The van der Waals surface area contributed by atoms with Crippen molar-refractivity contribution in [1.29, 1.82) is 0 Å². The summed E-state index contributed by atoms with van der Waals surface area (Å²) in [6.07, 6.45) is 8.43. The molecule has 2 heteroatoms. The number of aryl methyl sites for hydroxylation is 1. The molecule has 0 amide bonds. The lowest BCUT2D eigenvalue weighted by Crippen LogP contribution is -2.33. The highest BCUT2D eigenvalue weighted by Crippen LogP contribution is 2.39. The van der Waals surface area contributed by atoms with E-state index in [1.54, 1.807) is 0 Å². The average molecular weight is 325 g/mol. The van der Waals surface area contributed by atoms with Crippen LogP contribution in [-0.4, -0.2) is 10.8 Å². The van der Waals surface area contributed by atoms with E-state index in [2.05, 4.69) is 56.2 Å². The first kappa shape index (κ1) is 17.3. The molecule has 3 atom stereocenters. The lowest BCUT2D eigenvalue weighted by molar-refractivity contribution is -0.127. The fourth-order valence-corrected chi connectivity index (χ4v) is 4.55. The first-order valence-corrected chi connectivity index (χ1v) is 9.64. The zero-order chi connectivity index (χ0) is 17.1. The monoisotopic (exact) mass is 325 g/mol. The molecule has 0 bridgehead atoms. The van der Waals surface area contributed by atoms with Gasteiger partial charge in [-0.2, -0.15) is 0 Å². The molecule has 2 nitrogen and oxygen atoms in total. The van der Waals surface area contributed by atoms with Gasteiger partial charge in [0.1, 0.15) is 5.78 Å². The van der Waals surface area contributed by atoms with Crippen molar-refractivity contribution in [3.8, 4) is 0 Å². The zero-order valence-electron chi connectivity index (χ0n) is 15.3. The van der Waals surface area contributed by atoms with Gasteiger partial charge in [0, 0.05) is 29.4 Å². The van der Waals surface area contributed by atoms with Crippen LogP contribution in [0.1, 0.15) is 58.4 Å². The number of carbonyl (C=O) groups is 1. The first-order chi connectivity index (χ1) is 11.6. The number of H-pyrrole nitrogens is 1. The van der Waals surface area contributed by atoms with Crippen LogP contribution in [-0.2, 0) is 11.2 Å².